The minimum Gasteiger partial charge on any atom is -0.343 e. The maximum absolute atomic E-state index is 13.7. The van der Waals surface area contributed by atoms with Crippen molar-refractivity contribution < 1.29 is 14.0 Å². The lowest BCUT2D eigenvalue weighted by molar-refractivity contribution is -0.129. The van der Waals surface area contributed by atoms with Crippen LogP contribution in [0.4, 0.5) is 10.1 Å². The maximum Gasteiger partial charge on any atom is 0.246 e. The Morgan fingerprint density at radius 2 is 2.00 bits per heavy atom. The fraction of sp³-hybridized carbons (Fsp3) is 0.364. The Balaban J connectivity index is 1.58. The van der Waals surface area contributed by atoms with Gasteiger partial charge in [-0.05, 0) is 50.9 Å². The Labute approximate surface area is 164 Å². The van der Waals surface area contributed by atoms with Gasteiger partial charge < -0.3 is 10.6 Å². The van der Waals surface area contributed by atoms with Crippen molar-refractivity contribution in [3.8, 4) is 0 Å². The first-order valence-corrected chi connectivity index (χ1v) is 9.59. The van der Waals surface area contributed by atoms with Crippen molar-refractivity contribution >= 4 is 17.5 Å². The minimum atomic E-state index is -0.756. The molecular formula is C22H26FN3O2. The number of carbonyl (C=O) groups is 2. The van der Waals surface area contributed by atoms with Crippen molar-refractivity contribution in [2.45, 2.75) is 45.3 Å². The van der Waals surface area contributed by atoms with Crippen LogP contribution in [0.25, 0.3) is 0 Å². The number of aryl methyl sites for hydroxylation is 1. The second-order valence-electron chi connectivity index (χ2n) is 7.32. The first-order valence-electron chi connectivity index (χ1n) is 9.59. The van der Waals surface area contributed by atoms with Crippen LogP contribution in [0.3, 0.4) is 0 Å². The van der Waals surface area contributed by atoms with Gasteiger partial charge in [-0.2, -0.15) is 0 Å². The summed E-state index contributed by atoms with van der Waals surface area (Å²) in [4.78, 5) is 27.2. The lowest BCUT2D eigenvalue weighted by Gasteiger charge is -2.25. The topological polar surface area (TPSA) is 61.4 Å². The molecule has 28 heavy (non-hydrogen) atoms. The molecule has 2 aromatic rings. The minimum absolute atomic E-state index is 0.107. The molecule has 3 rings (SSSR count). The molecule has 1 aliphatic heterocycles. The Morgan fingerprint density at radius 1 is 1.21 bits per heavy atom. The Bertz CT molecular complexity index is 855. The SMILES string of the molecule is Cc1cccc(CN2CCCC2C(=O)NC(C)C(=O)Nc2ccccc2F)c1. The Hall–Kier alpha value is -2.73. The molecule has 1 heterocycles. The molecule has 0 radical (unpaired) electrons. The first-order chi connectivity index (χ1) is 13.4. The monoisotopic (exact) mass is 383 g/mol. The molecule has 2 aromatic carbocycles. The van der Waals surface area contributed by atoms with Gasteiger partial charge in [-0.25, -0.2) is 4.39 Å². The van der Waals surface area contributed by atoms with E-state index in [4.69, 9.17) is 0 Å². The molecule has 0 bridgehead atoms. The van der Waals surface area contributed by atoms with E-state index in [2.05, 4.69) is 27.7 Å². The highest BCUT2D eigenvalue weighted by Gasteiger charge is 2.32. The van der Waals surface area contributed by atoms with Crippen LogP contribution in [-0.2, 0) is 16.1 Å². The molecule has 0 aromatic heterocycles. The van der Waals surface area contributed by atoms with E-state index in [1.807, 2.05) is 19.1 Å². The number of anilines is 1. The van der Waals surface area contributed by atoms with E-state index >= 15 is 0 Å². The summed E-state index contributed by atoms with van der Waals surface area (Å²) in [6, 6.07) is 13.2. The van der Waals surface area contributed by atoms with Crippen LogP contribution < -0.4 is 10.6 Å². The Morgan fingerprint density at radius 3 is 2.75 bits per heavy atom. The summed E-state index contributed by atoms with van der Waals surface area (Å²) < 4.78 is 13.7. The molecule has 1 aliphatic rings. The van der Waals surface area contributed by atoms with E-state index < -0.39 is 17.8 Å². The van der Waals surface area contributed by atoms with Crippen LogP contribution in [-0.4, -0.2) is 35.3 Å². The van der Waals surface area contributed by atoms with Gasteiger partial charge in [0, 0.05) is 6.54 Å². The predicted octanol–water partition coefficient (Wildman–Crippen LogP) is 3.24. The summed E-state index contributed by atoms with van der Waals surface area (Å²) in [5.74, 6) is -1.11. The van der Waals surface area contributed by atoms with Crippen LogP contribution >= 0.6 is 0 Å². The highest BCUT2D eigenvalue weighted by Crippen LogP contribution is 2.21. The molecular weight excluding hydrogens is 357 g/mol. The number of nitrogens with one attached hydrogen (secondary N) is 2. The number of nitrogens with zero attached hydrogens (tertiary/aromatic N) is 1. The second-order valence-corrected chi connectivity index (χ2v) is 7.32. The summed E-state index contributed by atoms with van der Waals surface area (Å²) in [6.07, 6.45) is 1.71. The van der Waals surface area contributed by atoms with E-state index in [9.17, 15) is 14.0 Å². The molecule has 2 N–H and O–H groups in total. The van der Waals surface area contributed by atoms with E-state index in [0.29, 0.717) is 6.54 Å². The number of hydrogen-bond acceptors (Lipinski definition) is 3. The number of halogens is 1. The number of rotatable bonds is 6. The van der Waals surface area contributed by atoms with Gasteiger partial charge in [-0.15, -0.1) is 0 Å². The zero-order chi connectivity index (χ0) is 20.1. The molecule has 0 spiro atoms. The van der Waals surface area contributed by atoms with Gasteiger partial charge in [0.1, 0.15) is 11.9 Å². The number of carbonyl (C=O) groups excluding carboxylic acids is 2. The lowest BCUT2D eigenvalue weighted by Crippen LogP contribution is -2.49. The standard InChI is InChI=1S/C22H26FN3O2/c1-15-7-5-8-17(13-15)14-26-12-6-11-20(26)22(28)24-16(2)21(27)25-19-10-4-3-9-18(19)23/h3-5,7-10,13,16,20H,6,11-12,14H2,1-2H3,(H,24,28)(H,25,27). The molecule has 6 heteroatoms. The van der Waals surface area contributed by atoms with Crippen molar-refractivity contribution in [2.24, 2.45) is 0 Å². The second kappa shape index (κ2) is 8.97. The van der Waals surface area contributed by atoms with E-state index in [1.54, 1.807) is 19.1 Å². The van der Waals surface area contributed by atoms with Crippen molar-refractivity contribution in [1.29, 1.82) is 0 Å². The first kappa shape index (κ1) is 20.0. The van der Waals surface area contributed by atoms with E-state index in [0.717, 1.165) is 19.4 Å². The lowest BCUT2D eigenvalue weighted by atomic mass is 10.1. The third kappa shape index (κ3) is 4.95. The highest BCUT2D eigenvalue weighted by atomic mass is 19.1. The fourth-order valence-corrected chi connectivity index (χ4v) is 3.54. The van der Waals surface area contributed by atoms with Gasteiger partial charge in [-0.3, -0.25) is 14.5 Å². The molecule has 1 fully saturated rings. The van der Waals surface area contributed by atoms with Crippen molar-refractivity contribution in [3.63, 3.8) is 0 Å². The molecule has 2 atom stereocenters. The normalized spacial score (nSPS) is 17.9. The zero-order valence-electron chi connectivity index (χ0n) is 16.2. The number of hydrogen-bond donors (Lipinski definition) is 2. The van der Waals surface area contributed by atoms with E-state index in [1.165, 1.54) is 23.3 Å². The summed E-state index contributed by atoms with van der Waals surface area (Å²) in [5.41, 5.74) is 2.47. The fourth-order valence-electron chi connectivity index (χ4n) is 3.54. The number of likely N-dealkylation sites (tertiary alicyclic amines) is 1. The van der Waals surface area contributed by atoms with Gasteiger partial charge >= 0.3 is 0 Å². The van der Waals surface area contributed by atoms with Crippen molar-refractivity contribution in [1.82, 2.24) is 10.2 Å². The van der Waals surface area contributed by atoms with Crippen molar-refractivity contribution in [3.05, 3.63) is 65.5 Å². The molecule has 0 aliphatic carbocycles. The molecule has 2 amide bonds. The average molecular weight is 383 g/mol. The number of para-hydroxylation sites is 1. The van der Waals surface area contributed by atoms with E-state index in [-0.39, 0.29) is 17.6 Å². The van der Waals surface area contributed by atoms with Gasteiger partial charge in [0.15, 0.2) is 0 Å². The predicted molar refractivity (Wildman–Crippen MR) is 107 cm³/mol. The largest absolute Gasteiger partial charge is 0.343 e. The van der Waals surface area contributed by atoms with Gasteiger partial charge in [0.2, 0.25) is 11.8 Å². The van der Waals surface area contributed by atoms with Crippen LogP contribution in [0.15, 0.2) is 48.5 Å². The quantitative estimate of drug-likeness (QED) is 0.805. The van der Waals surface area contributed by atoms with Gasteiger partial charge in [-0.1, -0.05) is 42.0 Å². The van der Waals surface area contributed by atoms with Crippen LogP contribution in [0.5, 0.6) is 0 Å². The maximum atomic E-state index is 13.7. The summed E-state index contributed by atoms with van der Waals surface area (Å²) in [5, 5.41) is 5.29. The highest BCUT2D eigenvalue weighted by molar-refractivity contribution is 5.97. The third-order valence-electron chi connectivity index (χ3n) is 5.02. The summed E-state index contributed by atoms with van der Waals surface area (Å²) >= 11 is 0. The zero-order valence-corrected chi connectivity index (χ0v) is 16.2. The van der Waals surface area contributed by atoms with Crippen LogP contribution in [0.1, 0.15) is 30.9 Å². The van der Waals surface area contributed by atoms with Crippen molar-refractivity contribution in [2.75, 3.05) is 11.9 Å². The molecule has 5 nitrogen and oxygen atoms in total. The smallest absolute Gasteiger partial charge is 0.246 e. The Kier molecular flexibility index (Phi) is 6.41. The molecule has 2 unspecified atom stereocenters. The molecule has 1 saturated heterocycles. The van der Waals surface area contributed by atoms with Gasteiger partial charge in [0.05, 0.1) is 11.7 Å². The third-order valence-corrected chi connectivity index (χ3v) is 5.02. The molecule has 0 saturated carbocycles. The average Bonchev–Trinajstić information content (AvgIpc) is 3.11. The molecule has 148 valence electrons. The summed E-state index contributed by atoms with van der Waals surface area (Å²) in [7, 11) is 0. The van der Waals surface area contributed by atoms with Crippen LogP contribution in [0.2, 0.25) is 0 Å². The number of amides is 2. The number of benzene rings is 2. The van der Waals surface area contributed by atoms with Gasteiger partial charge in [0.25, 0.3) is 0 Å². The van der Waals surface area contributed by atoms with Crippen LogP contribution in [0, 0.1) is 12.7 Å². The summed E-state index contributed by atoms with van der Waals surface area (Å²) in [6.45, 7) is 5.21.